The Morgan fingerprint density at radius 3 is 2.84 bits per heavy atom. The number of aromatic nitrogens is 2. The van der Waals surface area contributed by atoms with Crippen LogP contribution in [0.2, 0.25) is 0 Å². The molecule has 0 radical (unpaired) electrons. The van der Waals surface area contributed by atoms with E-state index in [1.54, 1.807) is 24.6 Å². The lowest BCUT2D eigenvalue weighted by atomic mass is 10.1. The summed E-state index contributed by atoms with van der Waals surface area (Å²) in [5.74, 6) is 0. The predicted octanol–water partition coefficient (Wildman–Crippen LogP) is 3.47. The minimum Gasteiger partial charge on any atom is -0.383 e. The van der Waals surface area contributed by atoms with Crippen LogP contribution in [0.25, 0.3) is 0 Å². The lowest BCUT2D eigenvalue weighted by Gasteiger charge is -2.13. The molecule has 0 aliphatic rings. The molecule has 0 aliphatic heterocycles. The summed E-state index contributed by atoms with van der Waals surface area (Å²) >= 11 is 8.72. The summed E-state index contributed by atoms with van der Waals surface area (Å²) in [4.78, 5) is 1.12. The zero-order valence-electron chi connectivity index (χ0n) is 10.7. The van der Waals surface area contributed by atoms with Crippen molar-refractivity contribution in [3.63, 3.8) is 0 Å². The molecule has 2 rings (SSSR count). The number of rotatable bonds is 5. The van der Waals surface area contributed by atoms with Gasteiger partial charge in [0.1, 0.15) is 0 Å². The summed E-state index contributed by atoms with van der Waals surface area (Å²) in [5.41, 5.74) is 8.56. The molecule has 0 aliphatic carbocycles. The molecule has 0 fully saturated rings. The minimum atomic E-state index is -0.191. The van der Waals surface area contributed by atoms with Crippen LogP contribution in [0.15, 0.2) is 20.5 Å². The molecule has 2 N–H and O–H groups in total. The molecule has 7 heteroatoms. The second kappa shape index (κ2) is 6.49. The van der Waals surface area contributed by atoms with E-state index in [1.165, 1.54) is 5.56 Å². The fourth-order valence-electron chi connectivity index (χ4n) is 1.81. The third-order valence-corrected chi connectivity index (χ3v) is 5.65. The number of hydrogen-bond donors (Lipinski definition) is 1. The number of halogens is 2. The van der Waals surface area contributed by atoms with E-state index < -0.39 is 0 Å². The molecule has 2 aromatic heterocycles. The van der Waals surface area contributed by atoms with Crippen molar-refractivity contribution in [2.75, 3.05) is 13.7 Å². The Kier molecular flexibility index (Phi) is 5.19. The number of ether oxygens (including phenoxy) is 1. The molecule has 0 saturated heterocycles. The van der Waals surface area contributed by atoms with E-state index in [2.05, 4.69) is 49.9 Å². The summed E-state index contributed by atoms with van der Waals surface area (Å²) in [5, 5.41) is 4.33. The third-order valence-electron chi connectivity index (χ3n) is 2.82. The average Bonchev–Trinajstić information content (AvgIpc) is 2.90. The van der Waals surface area contributed by atoms with Crippen molar-refractivity contribution in [1.29, 1.82) is 0 Å². The van der Waals surface area contributed by atoms with Gasteiger partial charge in [0.25, 0.3) is 0 Å². The Balaban J connectivity index is 2.32. The van der Waals surface area contributed by atoms with Crippen molar-refractivity contribution in [2.24, 2.45) is 5.73 Å². The molecule has 0 amide bonds. The first-order valence-electron chi connectivity index (χ1n) is 5.76. The average molecular weight is 409 g/mol. The maximum atomic E-state index is 6.37. The highest BCUT2D eigenvalue weighted by Crippen LogP contribution is 2.35. The van der Waals surface area contributed by atoms with Gasteiger partial charge in [0.15, 0.2) is 0 Å². The van der Waals surface area contributed by atoms with Crippen molar-refractivity contribution in [3.05, 3.63) is 36.7 Å². The number of methoxy groups -OCH3 is 1. The lowest BCUT2D eigenvalue weighted by molar-refractivity contribution is 0.182. The van der Waals surface area contributed by atoms with Crippen molar-refractivity contribution in [2.45, 2.75) is 19.5 Å². The van der Waals surface area contributed by atoms with Crippen LogP contribution in [0.3, 0.4) is 0 Å². The first-order valence-corrected chi connectivity index (χ1v) is 8.16. The molecule has 2 aromatic rings. The predicted molar refractivity (Wildman–Crippen MR) is 84.6 cm³/mol. The number of aryl methyl sites for hydroxylation is 1. The highest BCUT2D eigenvalue weighted by atomic mass is 79.9. The Hall–Kier alpha value is -0.210. The SMILES string of the molecule is COCCn1ncc(Br)c1C(N)c1cc(C)c(Br)s1. The van der Waals surface area contributed by atoms with Crippen LogP contribution in [0, 0.1) is 6.92 Å². The van der Waals surface area contributed by atoms with E-state index >= 15 is 0 Å². The van der Waals surface area contributed by atoms with Crippen LogP contribution >= 0.6 is 43.2 Å². The molecule has 19 heavy (non-hydrogen) atoms. The zero-order chi connectivity index (χ0) is 14.0. The van der Waals surface area contributed by atoms with E-state index in [4.69, 9.17) is 10.5 Å². The van der Waals surface area contributed by atoms with Gasteiger partial charge in [-0.3, -0.25) is 4.68 Å². The van der Waals surface area contributed by atoms with Crippen molar-refractivity contribution in [3.8, 4) is 0 Å². The summed E-state index contributed by atoms with van der Waals surface area (Å²) in [6, 6.07) is 1.92. The summed E-state index contributed by atoms with van der Waals surface area (Å²) < 4.78 is 9.04. The van der Waals surface area contributed by atoms with Gasteiger partial charge in [-0.1, -0.05) is 0 Å². The van der Waals surface area contributed by atoms with Gasteiger partial charge in [0.05, 0.1) is 39.3 Å². The fourth-order valence-corrected chi connectivity index (χ4v) is 3.93. The van der Waals surface area contributed by atoms with Gasteiger partial charge >= 0.3 is 0 Å². The maximum Gasteiger partial charge on any atom is 0.0829 e. The van der Waals surface area contributed by atoms with Crippen molar-refractivity contribution in [1.82, 2.24) is 9.78 Å². The minimum absolute atomic E-state index is 0.191. The first kappa shape index (κ1) is 15.2. The first-order chi connectivity index (χ1) is 9.04. The van der Waals surface area contributed by atoms with Gasteiger partial charge in [-0.25, -0.2) is 0 Å². The quantitative estimate of drug-likeness (QED) is 0.823. The van der Waals surface area contributed by atoms with Crippen LogP contribution in [-0.4, -0.2) is 23.5 Å². The number of nitrogens with zero attached hydrogens (tertiary/aromatic N) is 2. The van der Waals surface area contributed by atoms with E-state index in [0.717, 1.165) is 18.8 Å². The molecule has 104 valence electrons. The second-order valence-electron chi connectivity index (χ2n) is 4.18. The molecular formula is C12H15Br2N3OS. The monoisotopic (exact) mass is 407 g/mol. The Labute approximate surface area is 133 Å². The summed E-state index contributed by atoms with van der Waals surface area (Å²) in [6.45, 7) is 3.37. The van der Waals surface area contributed by atoms with Crippen molar-refractivity contribution >= 4 is 43.2 Å². The molecule has 0 spiro atoms. The Morgan fingerprint density at radius 2 is 2.26 bits per heavy atom. The largest absolute Gasteiger partial charge is 0.383 e. The molecule has 0 aromatic carbocycles. The molecule has 2 heterocycles. The van der Waals surface area contributed by atoms with E-state index in [9.17, 15) is 0 Å². The molecule has 0 saturated carbocycles. The van der Waals surface area contributed by atoms with Crippen LogP contribution < -0.4 is 5.73 Å². The number of nitrogens with two attached hydrogens (primary N) is 1. The lowest BCUT2D eigenvalue weighted by Crippen LogP contribution is -2.18. The number of hydrogen-bond acceptors (Lipinski definition) is 4. The second-order valence-corrected chi connectivity index (χ2v) is 7.43. The third kappa shape index (κ3) is 3.28. The standard InChI is InChI=1S/C12H15Br2N3OS/c1-7-5-9(19-12(7)14)10(15)11-8(13)6-16-17(11)3-4-18-2/h5-6,10H,3-4,15H2,1-2H3. The van der Waals surface area contributed by atoms with Gasteiger partial charge < -0.3 is 10.5 Å². The topological polar surface area (TPSA) is 53.1 Å². The molecule has 1 unspecified atom stereocenters. The summed E-state index contributed by atoms with van der Waals surface area (Å²) in [7, 11) is 1.68. The molecular weight excluding hydrogens is 394 g/mol. The molecule has 0 bridgehead atoms. The Morgan fingerprint density at radius 1 is 1.53 bits per heavy atom. The van der Waals surface area contributed by atoms with Crippen molar-refractivity contribution < 1.29 is 4.74 Å². The van der Waals surface area contributed by atoms with Gasteiger partial charge in [-0.05, 0) is 50.4 Å². The van der Waals surface area contributed by atoms with Crippen LogP contribution in [0.4, 0.5) is 0 Å². The molecule has 1 atom stereocenters. The van der Waals surface area contributed by atoms with Crippen LogP contribution in [-0.2, 0) is 11.3 Å². The van der Waals surface area contributed by atoms with Gasteiger partial charge in [0.2, 0.25) is 0 Å². The van der Waals surface area contributed by atoms with E-state index in [0.29, 0.717) is 13.2 Å². The van der Waals surface area contributed by atoms with E-state index in [1.807, 2.05) is 4.68 Å². The summed E-state index contributed by atoms with van der Waals surface area (Å²) in [6.07, 6.45) is 1.78. The number of thiophene rings is 1. The fraction of sp³-hybridized carbons (Fsp3) is 0.417. The Bertz CT molecular complexity index is 548. The van der Waals surface area contributed by atoms with Gasteiger partial charge in [-0.2, -0.15) is 5.10 Å². The maximum absolute atomic E-state index is 6.37. The van der Waals surface area contributed by atoms with Gasteiger partial charge in [0, 0.05) is 12.0 Å². The van der Waals surface area contributed by atoms with Gasteiger partial charge in [-0.15, -0.1) is 11.3 Å². The smallest absolute Gasteiger partial charge is 0.0829 e. The van der Waals surface area contributed by atoms with E-state index in [-0.39, 0.29) is 6.04 Å². The molecule has 4 nitrogen and oxygen atoms in total. The van der Waals surface area contributed by atoms with Crippen LogP contribution in [0.5, 0.6) is 0 Å². The normalized spacial score (nSPS) is 12.9. The highest BCUT2D eigenvalue weighted by Gasteiger charge is 2.20. The zero-order valence-corrected chi connectivity index (χ0v) is 14.7. The van der Waals surface area contributed by atoms with Crippen LogP contribution in [0.1, 0.15) is 22.2 Å². The highest BCUT2D eigenvalue weighted by molar-refractivity contribution is 9.11.